The van der Waals surface area contributed by atoms with E-state index in [-0.39, 0.29) is 17.5 Å². The number of nitrogens with one attached hydrogen (secondary N) is 1. The van der Waals surface area contributed by atoms with Gasteiger partial charge in [0.2, 0.25) is 0 Å². The van der Waals surface area contributed by atoms with Crippen molar-refractivity contribution in [3.8, 4) is 0 Å². The minimum absolute atomic E-state index is 0.202. The lowest BCUT2D eigenvalue weighted by Gasteiger charge is -2.16. The van der Waals surface area contributed by atoms with Crippen LogP contribution in [0.5, 0.6) is 0 Å². The summed E-state index contributed by atoms with van der Waals surface area (Å²) in [5.74, 6) is -0.884. The second-order valence-corrected chi connectivity index (χ2v) is 4.59. The van der Waals surface area contributed by atoms with Crippen molar-refractivity contribution in [1.82, 2.24) is 15.3 Å². The van der Waals surface area contributed by atoms with Gasteiger partial charge in [-0.15, -0.1) is 0 Å². The number of amides is 1. The van der Waals surface area contributed by atoms with E-state index in [9.17, 15) is 9.18 Å². The van der Waals surface area contributed by atoms with Crippen molar-refractivity contribution in [3.63, 3.8) is 0 Å². The van der Waals surface area contributed by atoms with Crippen LogP contribution in [0.1, 0.15) is 41.0 Å². The van der Waals surface area contributed by atoms with Crippen LogP contribution in [0.2, 0.25) is 0 Å². The van der Waals surface area contributed by atoms with Crippen LogP contribution >= 0.6 is 0 Å². The average Bonchev–Trinajstić information content (AvgIpc) is 2.45. The second kappa shape index (κ2) is 6.23. The normalized spacial score (nSPS) is 11.9. The molecule has 0 unspecified atom stereocenters. The van der Waals surface area contributed by atoms with E-state index in [1.807, 2.05) is 26.0 Å². The minimum Gasteiger partial charge on any atom is -0.344 e. The molecule has 5 heteroatoms. The zero-order valence-corrected chi connectivity index (χ0v) is 11.4. The summed E-state index contributed by atoms with van der Waals surface area (Å²) in [6.45, 7) is 3.91. The first-order valence-electron chi connectivity index (χ1n) is 6.44. The molecule has 4 nitrogen and oxygen atoms in total. The summed E-state index contributed by atoms with van der Waals surface area (Å²) in [4.78, 5) is 20.0. The van der Waals surface area contributed by atoms with Crippen molar-refractivity contribution in [2.24, 2.45) is 0 Å². The van der Waals surface area contributed by atoms with Crippen LogP contribution in [-0.2, 0) is 0 Å². The van der Waals surface area contributed by atoms with Gasteiger partial charge in [-0.05, 0) is 31.0 Å². The molecule has 0 fully saturated rings. The number of hydrogen-bond donors (Lipinski definition) is 1. The summed E-state index contributed by atoms with van der Waals surface area (Å²) in [7, 11) is 0. The molecular weight excluding hydrogens is 257 g/mol. The SMILES string of the molecule is CC[C@@H](NC(=O)c1cncc(F)c1)c1ccc(C)cn1. The lowest BCUT2D eigenvalue weighted by atomic mass is 10.1. The lowest BCUT2D eigenvalue weighted by molar-refractivity contribution is 0.0934. The van der Waals surface area contributed by atoms with E-state index >= 15 is 0 Å². The molecule has 1 atom stereocenters. The van der Waals surface area contributed by atoms with Crippen LogP contribution in [0.25, 0.3) is 0 Å². The molecule has 0 radical (unpaired) electrons. The Morgan fingerprint density at radius 3 is 2.75 bits per heavy atom. The molecule has 2 aromatic heterocycles. The van der Waals surface area contributed by atoms with Crippen LogP contribution in [-0.4, -0.2) is 15.9 Å². The van der Waals surface area contributed by atoms with E-state index in [2.05, 4.69) is 15.3 Å². The van der Waals surface area contributed by atoms with E-state index in [1.165, 1.54) is 6.20 Å². The fourth-order valence-electron chi connectivity index (χ4n) is 1.85. The van der Waals surface area contributed by atoms with Crippen LogP contribution < -0.4 is 5.32 Å². The van der Waals surface area contributed by atoms with Gasteiger partial charge in [-0.25, -0.2) is 4.39 Å². The number of pyridine rings is 2. The Hall–Kier alpha value is -2.30. The van der Waals surface area contributed by atoms with Gasteiger partial charge < -0.3 is 5.32 Å². The Morgan fingerprint density at radius 2 is 2.15 bits per heavy atom. The fraction of sp³-hybridized carbons (Fsp3) is 0.267. The summed E-state index contributed by atoms with van der Waals surface area (Å²) in [5, 5.41) is 2.84. The van der Waals surface area contributed by atoms with Crippen molar-refractivity contribution in [3.05, 3.63) is 59.4 Å². The number of hydrogen-bond acceptors (Lipinski definition) is 3. The molecule has 0 bridgehead atoms. The Kier molecular flexibility index (Phi) is 4.40. The van der Waals surface area contributed by atoms with Crippen molar-refractivity contribution in [2.45, 2.75) is 26.3 Å². The zero-order chi connectivity index (χ0) is 14.5. The van der Waals surface area contributed by atoms with Gasteiger partial charge in [0.25, 0.3) is 5.91 Å². The van der Waals surface area contributed by atoms with Gasteiger partial charge in [0, 0.05) is 12.4 Å². The predicted molar refractivity (Wildman–Crippen MR) is 73.7 cm³/mol. The Morgan fingerprint density at radius 1 is 1.35 bits per heavy atom. The summed E-state index contributed by atoms with van der Waals surface area (Å²) in [5.41, 5.74) is 2.05. The molecule has 2 heterocycles. The molecule has 0 aliphatic heterocycles. The number of carbonyl (C=O) groups excluding carboxylic acids is 1. The van der Waals surface area contributed by atoms with E-state index in [0.717, 1.165) is 23.5 Å². The maximum Gasteiger partial charge on any atom is 0.253 e. The van der Waals surface area contributed by atoms with Gasteiger partial charge in [0.1, 0.15) is 5.82 Å². The minimum atomic E-state index is -0.529. The molecule has 1 amide bonds. The Labute approximate surface area is 117 Å². The van der Waals surface area contributed by atoms with Crippen LogP contribution in [0.3, 0.4) is 0 Å². The van der Waals surface area contributed by atoms with Crippen LogP contribution in [0, 0.1) is 12.7 Å². The summed E-state index contributed by atoms with van der Waals surface area (Å²) in [6.07, 6.45) is 4.86. The van der Waals surface area contributed by atoms with E-state index in [1.54, 1.807) is 6.20 Å². The number of halogens is 1. The number of aromatic nitrogens is 2. The molecule has 0 saturated carbocycles. The van der Waals surface area contributed by atoms with E-state index < -0.39 is 5.82 Å². The number of rotatable bonds is 4. The maximum absolute atomic E-state index is 13.1. The topological polar surface area (TPSA) is 54.9 Å². The fourth-order valence-corrected chi connectivity index (χ4v) is 1.85. The Bertz CT molecular complexity index is 598. The molecule has 2 aromatic rings. The van der Waals surface area contributed by atoms with Gasteiger partial charge in [-0.1, -0.05) is 13.0 Å². The number of carbonyl (C=O) groups is 1. The standard InChI is InChI=1S/C15H16FN3O/c1-3-13(14-5-4-10(2)7-18-14)19-15(20)11-6-12(16)9-17-8-11/h4-9,13H,3H2,1-2H3,(H,19,20)/t13-/m1/s1. The molecule has 0 spiro atoms. The summed E-state index contributed by atoms with van der Waals surface area (Å²) < 4.78 is 13.1. The van der Waals surface area contributed by atoms with Crippen molar-refractivity contribution in [1.29, 1.82) is 0 Å². The molecule has 0 aliphatic carbocycles. The average molecular weight is 273 g/mol. The second-order valence-electron chi connectivity index (χ2n) is 4.59. The molecule has 0 saturated heterocycles. The molecule has 0 aliphatic rings. The molecule has 1 N–H and O–H groups in total. The van der Waals surface area contributed by atoms with Gasteiger partial charge in [0.05, 0.1) is 23.5 Å². The van der Waals surface area contributed by atoms with Crippen LogP contribution in [0.15, 0.2) is 36.8 Å². The van der Waals surface area contributed by atoms with Gasteiger partial charge in [-0.3, -0.25) is 14.8 Å². The lowest BCUT2D eigenvalue weighted by Crippen LogP contribution is -2.28. The molecule has 20 heavy (non-hydrogen) atoms. The molecular formula is C15H16FN3O. The third kappa shape index (κ3) is 3.38. The number of nitrogens with zero attached hydrogens (tertiary/aromatic N) is 2. The highest BCUT2D eigenvalue weighted by Crippen LogP contribution is 2.15. The monoisotopic (exact) mass is 273 g/mol. The number of aryl methyl sites for hydroxylation is 1. The van der Waals surface area contributed by atoms with Crippen LogP contribution in [0.4, 0.5) is 4.39 Å². The van der Waals surface area contributed by atoms with E-state index in [0.29, 0.717) is 6.42 Å². The van der Waals surface area contributed by atoms with Gasteiger partial charge in [0.15, 0.2) is 0 Å². The highest BCUT2D eigenvalue weighted by Gasteiger charge is 2.15. The largest absolute Gasteiger partial charge is 0.344 e. The zero-order valence-electron chi connectivity index (χ0n) is 11.4. The highest BCUT2D eigenvalue weighted by atomic mass is 19.1. The third-order valence-corrected chi connectivity index (χ3v) is 2.97. The first kappa shape index (κ1) is 14.1. The van der Waals surface area contributed by atoms with Crippen molar-refractivity contribution in [2.75, 3.05) is 0 Å². The van der Waals surface area contributed by atoms with Crippen molar-refractivity contribution < 1.29 is 9.18 Å². The van der Waals surface area contributed by atoms with Crippen molar-refractivity contribution >= 4 is 5.91 Å². The molecule has 0 aromatic carbocycles. The molecule has 2 rings (SSSR count). The first-order chi connectivity index (χ1) is 9.60. The maximum atomic E-state index is 13.1. The van der Waals surface area contributed by atoms with E-state index in [4.69, 9.17) is 0 Å². The quantitative estimate of drug-likeness (QED) is 0.932. The highest BCUT2D eigenvalue weighted by molar-refractivity contribution is 5.94. The smallest absolute Gasteiger partial charge is 0.253 e. The molecule has 104 valence electrons. The summed E-state index contributed by atoms with van der Waals surface area (Å²) >= 11 is 0. The predicted octanol–water partition coefficient (Wildman–Crippen LogP) is 2.81. The van der Waals surface area contributed by atoms with Gasteiger partial charge in [-0.2, -0.15) is 0 Å². The van der Waals surface area contributed by atoms with Gasteiger partial charge >= 0.3 is 0 Å². The Balaban J connectivity index is 2.14. The first-order valence-corrected chi connectivity index (χ1v) is 6.44. The third-order valence-electron chi connectivity index (χ3n) is 2.97. The summed E-state index contributed by atoms with van der Waals surface area (Å²) in [6, 6.07) is 4.79.